The summed E-state index contributed by atoms with van der Waals surface area (Å²) < 4.78 is 0. The summed E-state index contributed by atoms with van der Waals surface area (Å²) in [7, 11) is 0. The van der Waals surface area contributed by atoms with Gasteiger partial charge >= 0.3 is 0 Å². The minimum Gasteiger partial charge on any atom is -0.352 e. The number of carbonyl (C=O) groups excluding carboxylic acids is 1. The lowest BCUT2D eigenvalue weighted by atomic mass is 9.86. The predicted octanol–water partition coefficient (Wildman–Crippen LogP) is 4.21. The molecule has 1 amide bonds. The van der Waals surface area contributed by atoms with Crippen LogP contribution in [-0.2, 0) is 11.2 Å². The van der Waals surface area contributed by atoms with Crippen LogP contribution in [0, 0.1) is 5.92 Å². The zero-order chi connectivity index (χ0) is 18.5. The van der Waals surface area contributed by atoms with Gasteiger partial charge in [-0.2, -0.15) is 0 Å². The maximum atomic E-state index is 12.5. The molecule has 0 bridgehead atoms. The zero-order valence-corrected chi connectivity index (χ0v) is 16.6. The van der Waals surface area contributed by atoms with Gasteiger partial charge in [-0.3, -0.25) is 9.89 Å². The molecule has 140 valence electrons. The highest BCUT2D eigenvalue weighted by Crippen LogP contribution is 2.26. The lowest BCUT2D eigenvalue weighted by molar-refractivity contribution is -0.121. The standard InChI is InChI=1S/C20H28N4OS/c1-4-15-9-11-16(12-10-15)18-22-20(24-23-18)26-14(3)19(25)21-17-8-6-5-7-13(17)2/h9-14,17H,4-8H2,1-3H3,(H,21,25)(H,22,23,24)/t13-,14+,17-/m0/s1. The molecule has 3 atom stereocenters. The highest BCUT2D eigenvalue weighted by atomic mass is 32.2. The summed E-state index contributed by atoms with van der Waals surface area (Å²) >= 11 is 1.40. The molecule has 1 saturated carbocycles. The maximum Gasteiger partial charge on any atom is 0.233 e. The Hall–Kier alpha value is -1.82. The summed E-state index contributed by atoms with van der Waals surface area (Å²) in [5.74, 6) is 1.38. The summed E-state index contributed by atoms with van der Waals surface area (Å²) in [5, 5.41) is 10.9. The highest BCUT2D eigenvalue weighted by molar-refractivity contribution is 8.00. The third kappa shape index (κ3) is 4.67. The second kappa shape index (κ2) is 8.71. The number of H-pyrrole nitrogens is 1. The highest BCUT2D eigenvalue weighted by Gasteiger charge is 2.25. The molecule has 6 heteroatoms. The average Bonchev–Trinajstić information content (AvgIpc) is 3.12. The number of aryl methyl sites for hydroxylation is 1. The van der Waals surface area contributed by atoms with Gasteiger partial charge in [0.1, 0.15) is 0 Å². The Labute approximate surface area is 159 Å². The Kier molecular flexibility index (Phi) is 6.35. The van der Waals surface area contributed by atoms with E-state index in [4.69, 9.17) is 0 Å². The second-order valence-corrected chi connectivity index (χ2v) is 8.46. The number of aromatic amines is 1. The molecule has 0 unspecified atom stereocenters. The van der Waals surface area contributed by atoms with Crippen LogP contribution in [0.3, 0.4) is 0 Å². The quantitative estimate of drug-likeness (QED) is 0.745. The minimum atomic E-state index is -0.213. The molecule has 1 aromatic heterocycles. The molecule has 1 aromatic carbocycles. The normalized spacial score (nSPS) is 21.3. The first-order valence-electron chi connectivity index (χ1n) is 9.55. The predicted molar refractivity (Wildman–Crippen MR) is 106 cm³/mol. The van der Waals surface area contributed by atoms with Crippen LogP contribution in [0.25, 0.3) is 11.4 Å². The van der Waals surface area contributed by atoms with Crippen LogP contribution in [0.5, 0.6) is 0 Å². The number of amides is 1. The Bertz CT molecular complexity index is 728. The fraction of sp³-hybridized carbons (Fsp3) is 0.550. The number of thioether (sulfide) groups is 1. The molecule has 1 fully saturated rings. The van der Waals surface area contributed by atoms with Crippen LogP contribution in [-0.4, -0.2) is 32.4 Å². The number of rotatable bonds is 6. The fourth-order valence-electron chi connectivity index (χ4n) is 3.37. The molecule has 3 rings (SSSR count). The van der Waals surface area contributed by atoms with Gasteiger partial charge in [0.25, 0.3) is 0 Å². The molecule has 0 saturated heterocycles. The van der Waals surface area contributed by atoms with Gasteiger partial charge < -0.3 is 5.32 Å². The third-order valence-electron chi connectivity index (χ3n) is 5.19. The van der Waals surface area contributed by atoms with E-state index in [1.54, 1.807) is 0 Å². The zero-order valence-electron chi connectivity index (χ0n) is 15.8. The van der Waals surface area contributed by atoms with Crippen LogP contribution < -0.4 is 5.32 Å². The van der Waals surface area contributed by atoms with Gasteiger partial charge in [-0.15, -0.1) is 5.10 Å². The van der Waals surface area contributed by atoms with E-state index < -0.39 is 0 Å². The number of nitrogens with zero attached hydrogens (tertiary/aromatic N) is 2. The van der Waals surface area contributed by atoms with Crippen LogP contribution in [0.4, 0.5) is 0 Å². The Morgan fingerprint density at radius 2 is 2.04 bits per heavy atom. The lowest BCUT2D eigenvalue weighted by Gasteiger charge is -2.30. The van der Waals surface area contributed by atoms with Gasteiger partial charge in [0.2, 0.25) is 11.1 Å². The van der Waals surface area contributed by atoms with Gasteiger partial charge in [-0.05, 0) is 37.7 Å². The van der Waals surface area contributed by atoms with Crippen molar-refractivity contribution in [2.45, 2.75) is 69.3 Å². The van der Waals surface area contributed by atoms with E-state index in [0.717, 1.165) is 24.2 Å². The first-order valence-corrected chi connectivity index (χ1v) is 10.4. The van der Waals surface area contributed by atoms with E-state index in [-0.39, 0.29) is 11.2 Å². The Balaban J connectivity index is 1.58. The van der Waals surface area contributed by atoms with Gasteiger partial charge in [0.15, 0.2) is 5.82 Å². The molecule has 26 heavy (non-hydrogen) atoms. The van der Waals surface area contributed by atoms with Crippen LogP contribution in [0.1, 0.15) is 52.0 Å². The van der Waals surface area contributed by atoms with E-state index in [1.807, 2.05) is 19.1 Å². The van der Waals surface area contributed by atoms with Gasteiger partial charge in [0.05, 0.1) is 5.25 Å². The van der Waals surface area contributed by atoms with Gasteiger partial charge in [0, 0.05) is 11.6 Å². The molecule has 2 N–H and O–H groups in total. The van der Waals surface area contributed by atoms with Crippen molar-refractivity contribution in [1.82, 2.24) is 20.5 Å². The topological polar surface area (TPSA) is 70.7 Å². The second-order valence-electron chi connectivity index (χ2n) is 7.15. The van der Waals surface area contributed by atoms with Crippen molar-refractivity contribution in [3.8, 4) is 11.4 Å². The van der Waals surface area contributed by atoms with E-state index in [0.29, 0.717) is 17.1 Å². The van der Waals surface area contributed by atoms with Gasteiger partial charge in [-0.25, -0.2) is 4.98 Å². The molecule has 1 aliphatic carbocycles. The minimum absolute atomic E-state index is 0.0763. The van der Waals surface area contributed by atoms with Gasteiger partial charge in [-0.1, -0.05) is 62.7 Å². The summed E-state index contributed by atoms with van der Waals surface area (Å²) in [5.41, 5.74) is 2.31. The molecule has 5 nitrogen and oxygen atoms in total. The Morgan fingerprint density at radius 3 is 2.73 bits per heavy atom. The molecule has 1 aliphatic rings. The van der Waals surface area contributed by atoms with Crippen LogP contribution >= 0.6 is 11.8 Å². The molecule has 0 spiro atoms. The monoisotopic (exact) mass is 372 g/mol. The van der Waals surface area contributed by atoms with Crippen molar-refractivity contribution >= 4 is 17.7 Å². The SMILES string of the molecule is CCc1ccc(-c2nc(S[C@H](C)C(=O)N[C@H]3CCCC[C@@H]3C)n[nH]2)cc1. The molecule has 1 heterocycles. The number of carbonyl (C=O) groups is 1. The van der Waals surface area contributed by atoms with Crippen molar-refractivity contribution in [3.63, 3.8) is 0 Å². The van der Waals surface area contributed by atoms with E-state index in [2.05, 4.69) is 46.5 Å². The number of benzene rings is 1. The summed E-state index contributed by atoms with van der Waals surface area (Å²) in [4.78, 5) is 17.0. The Morgan fingerprint density at radius 1 is 1.31 bits per heavy atom. The maximum absolute atomic E-state index is 12.5. The third-order valence-corrected chi connectivity index (χ3v) is 6.15. The summed E-state index contributed by atoms with van der Waals surface area (Å²) in [6.07, 6.45) is 5.79. The number of hydrogen-bond donors (Lipinski definition) is 2. The summed E-state index contributed by atoms with van der Waals surface area (Å²) in [6, 6.07) is 8.61. The smallest absolute Gasteiger partial charge is 0.233 e. The van der Waals surface area contributed by atoms with Crippen LogP contribution in [0.15, 0.2) is 29.4 Å². The largest absolute Gasteiger partial charge is 0.352 e. The number of hydrogen-bond acceptors (Lipinski definition) is 4. The lowest BCUT2D eigenvalue weighted by Crippen LogP contribution is -2.44. The first-order chi connectivity index (χ1) is 12.6. The van der Waals surface area contributed by atoms with Crippen molar-refractivity contribution < 1.29 is 4.79 Å². The molecular weight excluding hydrogens is 344 g/mol. The first kappa shape index (κ1) is 19.0. The molecule has 0 radical (unpaired) electrons. The summed E-state index contributed by atoms with van der Waals surface area (Å²) in [6.45, 7) is 6.28. The molecule has 0 aliphatic heterocycles. The molecular formula is C20H28N4OS. The van der Waals surface area contributed by atoms with Crippen molar-refractivity contribution in [1.29, 1.82) is 0 Å². The van der Waals surface area contributed by atoms with Crippen molar-refractivity contribution in [3.05, 3.63) is 29.8 Å². The van der Waals surface area contributed by atoms with Crippen molar-refractivity contribution in [2.75, 3.05) is 0 Å². The molecule has 2 aromatic rings. The van der Waals surface area contributed by atoms with E-state index in [1.165, 1.54) is 36.6 Å². The van der Waals surface area contributed by atoms with E-state index >= 15 is 0 Å². The average molecular weight is 373 g/mol. The number of nitrogens with one attached hydrogen (secondary N) is 2. The van der Waals surface area contributed by atoms with E-state index in [9.17, 15) is 4.79 Å². The number of aromatic nitrogens is 3. The van der Waals surface area contributed by atoms with Crippen molar-refractivity contribution in [2.24, 2.45) is 5.92 Å². The fourth-order valence-corrected chi connectivity index (χ4v) is 4.10. The van der Waals surface area contributed by atoms with Crippen LogP contribution in [0.2, 0.25) is 0 Å².